The Morgan fingerprint density at radius 3 is 2.60 bits per heavy atom. The summed E-state index contributed by atoms with van der Waals surface area (Å²) in [5.41, 5.74) is -0.314. The van der Waals surface area contributed by atoms with Gasteiger partial charge in [0.1, 0.15) is 12.4 Å². The van der Waals surface area contributed by atoms with E-state index in [-0.39, 0.29) is 42.2 Å². The van der Waals surface area contributed by atoms with Crippen LogP contribution >= 0.6 is 0 Å². The first-order chi connectivity index (χ1) is 14.1. The summed E-state index contributed by atoms with van der Waals surface area (Å²) >= 11 is 0. The average Bonchev–Trinajstić information content (AvgIpc) is 3.16. The van der Waals surface area contributed by atoms with Crippen LogP contribution in [0.2, 0.25) is 0 Å². The first-order valence-corrected chi connectivity index (χ1v) is 11.1. The van der Waals surface area contributed by atoms with Crippen molar-refractivity contribution in [3.05, 3.63) is 23.0 Å². The van der Waals surface area contributed by atoms with Gasteiger partial charge in [-0.05, 0) is 38.7 Å². The summed E-state index contributed by atoms with van der Waals surface area (Å²) in [7, 11) is 0. The minimum absolute atomic E-state index is 0.161. The third kappa shape index (κ3) is 4.48. The average molecular weight is 423 g/mol. The fourth-order valence-corrected chi connectivity index (χ4v) is 4.72. The number of carbonyl (C=O) groups is 2. The molecule has 30 heavy (non-hydrogen) atoms. The molecule has 3 aliphatic rings. The predicted molar refractivity (Wildman–Crippen MR) is 109 cm³/mol. The highest BCUT2D eigenvalue weighted by atomic mass is 16.6. The lowest BCUT2D eigenvalue weighted by molar-refractivity contribution is -0.238. The van der Waals surface area contributed by atoms with Crippen LogP contribution in [0.5, 0.6) is 0 Å². The molecule has 0 aliphatic carbocycles. The largest absolute Gasteiger partial charge is 0.460 e. The Labute approximate surface area is 178 Å². The van der Waals surface area contributed by atoms with Crippen molar-refractivity contribution in [2.75, 3.05) is 6.61 Å². The molecule has 2 unspecified atom stereocenters. The Hall–Kier alpha value is -1.70. The van der Waals surface area contributed by atoms with Gasteiger partial charge >= 0.3 is 11.9 Å². The number of hydrogen-bond donors (Lipinski definition) is 2. The fraction of sp³-hybridized carbons (Fsp3) is 0.739. The fourth-order valence-electron chi connectivity index (χ4n) is 4.72. The van der Waals surface area contributed by atoms with E-state index in [1.54, 1.807) is 6.08 Å². The summed E-state index contributed by atoms with van der Waals surface area (Å²) < 4.78 is 16.9. The van der Waals surface area contributed by atoms with Gasteiger partial charge in [0.25, 0.3) is 0 Å². The number of ether oxygens (including phenoxy) is 3. The van der Waals surface area contributed by atoms with E-state index in [4.69, 9.17) is 14.2 Å². The van der Waals surface area contributed by atoms with Crippen molar-refractivity contribution in [2.24, 2.45) is 11.8 Å². The second kappa shape index (κ2) is 8.81. The minimum atomic E-state index is -1.34. The van der Waals surface area contributed by atoms with E-state index < -0.39 is 23.5 Å². The molecule has 3 heterocycles. The Kier molecular flexibility index (Phi) is 6.75. The molecule has 2 bridgehead atoms. The summed E-state index contributed by atoms with van der Waals surface area (Å²) in [4.78, 5) is 25.1. The van der Waals surface area contributed by atoms with Gasteiger partial charge in [-0.1, -0.05) is 33.6 Å². The molecule has 1 saturated heterocycles. The van der Waals surface area contributed by atoms with Gasteiger partial charge in [0.15, 0.2) is 5.79 Å². The number of aliphatic hydroxyl groups excluding tert-OH is 1. The third-order valence-electron chi connectivity index (χ3n) is 6.51. The van der Waals surface area contributed by atoms with Gasteiger partial charge in [0, 0.05) is 17.9 Å². The van der Waals surface area contributed by atoms with Crippen LogP contribution in [0, 0.1) is 11.8 Å². The van der Waals surface area contributed by atoms with Crippen molar-refractivity contribution < 1.29 is 34.0 Å². The molecule has 3 aliphatic heterocycles. The maximum absolute atomic E-state index is 12.6. The van der Waals surface area contributed by atoms with Crippen LogP contribution in [-0.2, 0) is 23.8 Å². The maximum Gasteiger partial charge on any atom is 0.343 e. The number of hydrogen-bond acceptors (Lipinski definition) is 7. The topological polar surface area (TPSA) is 102 Å². The zero-order valence-corrected chi connectivity index (χ0v) is 18.4. The zero-order chi connectivity index (χ0) is 22.1. The second-order valence-corrected chi connectivity index (χ2v) is 9.08. The van der Waals surface area contributed by atoms with Crippen LogP contribution in [0.25, 0.3) is 0 Å². The van der Waals surface area contributed by atoms with Crippen molar-refractivity contribution >= 4 is 11.9 Å². The lowest BCUT2D eigenvalue weighted by Crippen LogP contribution is -2.39. The molecule has 0 aromatic heterocycles. The van der Waals surface area contributed by atoms with Crippen LogP contribution in [0.15, 0.2) is 23.0 Å². The Morgan fingerprint density at radius 2 is 1.97 bits per heavy atom. The van der Waals surface area contributed by atoms with Crippen LogP contribution in [-0.4, -0.2) is 46.3 Å². The predicted octanol–water partition coefficient (Wildman–Crippen LogP) is 3.14. The van der Waals surface area contributed by atoms with Crippen LogP contribution < -0.4 is 0 Å². The van der Waals surface area contributed by atoms with Gasteiger partial charge in [-0.15, -0.1) is 0 Å². The maximum atomic E-state index is 12.6. The van der Waals surface area contributed by atoms with Gasteiger partial charge in [-0.2, -0.15) is 0 Å². The lowest BCUT2D eigenvalue weighted by atomic mass is 9.86. The highest BCUT2D eigenvalue weighted by molar-refractivity contribution is 5.95. The van der Waals surface area contributed by atoms with Crippen molar-refractivity contribution in [2.45, 2.75) is 90.1 Å². The number of aliphatic hydroxyl groups is 2. The summed E-state index contributed by atoms with van der Waals surface area (Å²) in [6.07, 6.45) is 5.05. The van der Waals surface area contributed by atoms with Gasteiger partial charge < -0.3 is 24.4 Å². The van der Waals surface area contributed by atoms with E-state index in [1.165, 1.54) is 0 Å². The normalized spacial score (nSPS) is 35.3. The van der Waals surface area contributed by atoms with Gasteiger partial charge in [-0.25, -0.2) is 4.79 Å². The van der Waals surface area contributed by atoms with Gasteiger partial charge in [0.2, 0.25) is 0 Å². The molecule has 0 amide bonds. The number of rotatable bonds is 7. The van der Waals surface area contributed by atoms with Gasteiger partial charge in [0.05, 0.1) is 23.2 Å². The van der Waals surface area contributed by atoms with E-state index in [0.717, 1.165) is 25.7 Å². The highest BCUT2D eigenvalue weighted by Gasteiger charge is 2.51. The Bertz CT molecular complexity index is 749. The molecule has 0 saturated carbocycles. The SMILES string of the molecule is CCCC(CCC)C(=O)OCC1=C2/C(=C\C3(C)CCC(O)(O3)[C@H](C)C[C@@H]2O)OC1=O. The smallest absolute Gasteiger partial charge is 0.343 e. The summed E-state index contributed by atoms with van der Waals surface area (Å²) in [5, 5.41) is 21.8. The first-order valence-electron chi connectivity index (χ1n) is 11.1. The van der Waals surface area contributed by atoms with E-state index in [2.05, 4.69) is 0 Å². The van der Waals surface area contributed by atoms with E-state index in [9.17, 15) is 19.8 Å². The van der Waals surface area contributed by atoms with Crippen molar-refractivity contribution in [3.63, 3.8) is 0 Å². The quantitative estimate of drug-likeness (QED) is 0.608. The monoisotopic (exact) mass is 422 g/mol. The molecule has 0 aromatic carbocycles. The molecule has 7 nitrogen and oxygen atoms in total. The molecule has 4 atom stereocenters. The van der Waals surface area contributed by atoms with E-state index in [1.807, 2.05) is 27.7 Å². The third-order valence-corrected chi connectivity index (χ3v) is 6.51. The van der Waals surface area contributed by atoms with Crippen LogP contribution in [0.1, 0.15) is 72.6 Å². The van der Waals surface area contributed by atoms with Crippen molar-refractivity contribution in [1.29, 1.82) is 0 Å². The molecule has 1 fully saturated rings. The molecule has 0 spiro atoms. The molecule has 3 rings (SSSR count). The van der Waals surface area contributed by atoms with Crippen molar-refractivity contribution in [3.8, 4) is 0 Å². The Balaban J connectivity index is 1.88. The zero-order valence-electron chi connectivity index (χ0n) is 18.4. The number of fused-ring (bicyclic) bond motifs is 3. The molecule has 168 valence electrons. The molecule has 2 N–H and O–H groups in total. The standard InChI is InChI=1S/C23H34O7/c1-5-7-15(8-6-2)20(25)28-13-16-19-17(24)11-14(3)23(27)10-9-22(4,30-23)12-18(19)29-21(16)26/h12,14-15,17,24,27H,5-11,13H2,1-4H3/b18-12+/t14-,17+,22?,23?/m1/s1. The van der Waals surface area contributed by atoms with Crippen molar-refractivity contribution in [1.82, 2.24) is 0 Å². The van der Waals surface area contributed by atoms with Gasteiger partial charge in [-0.3, -0.25) is 4.79 Å². The van der Waals surface area contributed by atoms with Crippen LogP contribution in [0.4, 0.5) is 0 Å². The molecular weight excluding hydrogens is 388 g/mol. The molecule has 0 aromatic rings. The molecular formula is C23H34O7. The van der Waals surface area contributed by atoms with E-state index in [0.29, 0.717) is 18.4 Å². The lowest BCUT2D eigenvalue weighted by Gasteiger charge is -2.32. The summed E-state index contributed by atoms with van der Waals surface area (Å²) in [6, 6.07) is 0. The summed E-state index contributed by atoms with van der Waals surface area (Å²) in [6.45, 7) is 7.45. The molecule has 7 heteroatoms. The Morgan fingerprint density at radius 1 is 1.30 bits per heavy atom. The van der Waals surface area contributed by atoms with Crippen LogP contribution in [0.3, 0.4) is 0 Å². The highest BCUT2D eigenvalue weighted by Crippen LogP contribution is 2.47. The number of carbonyl (C=O) groups excluding carboxylic acids is 2. The minimum Gasteiger partial charge on any atom is -0.460 e. The second-order valence-electron chi connectivity index (χ2n) is 9.08. The number of esters is 2. The molecule has 0 radical (unpaired) electrons. The summed E-state index contributed by atoms with van der Waals surface area (Å²) in [5.74, 6) is -2.59. The van der Waals surface area contributed by atoms with E-state index >= 15 is 0 Å². The first kappa shape index (κ1) is 23.0.